The van der Waals surface area contributed by atoms with Gasteiger partial charge in [0.05, 0.1) is 13.7 Å². The summed E-state index contributed by atoms with van der Waals surface area (Å²) < 4.78 is 11.0. The Morgan fingerprint density at radius 3 is 2.44 bits per heavy atom. The van der Waals surface area contributed by atoms with Gasteiger partial charge in [-0.3, -0.25) is 0 Å². The predicted octanol–water partition coefficient (Wildman–Crippen LogP) is 7.10. The highest BCUT2D eigenvalue weighted by atomic mass is 16.5. The SMILES string of the molecule is CCCCC1(c2cccc(OC)c2)CCC(CCCCc2ccc(OCCO)cc2)CC1. The molecule has 32 heavy (non-hydrogen) atoms. The van der Waals surface area contributed by atoms with Gasteiger partial charge in [-0.05, 0) is 91.7 Å². The van der Waals surface area contributed by atoms with Gasteiger partial charge in [0.15, 0.2) is 0 Å². The Morgan fingerprint density at radius 2 is 1.75 bits per heavy atom. The van der Waals surface area contributed by atoms with E-state index in [2.05, 4.69) is 43.3 Å². The minimum Gasteiger partial charge on any atom is -0.497 e. The first-order valence-corrected chi connectivity index (χ1v) is 12.7. The van der Waals surface area contributed by atoms with Crippen LogP contribution in [0.3, 0.4) is 0 Å². The Balaban J connectivity index is 1.45. The number of methoxy groups -OCH3 is 1. The Kier molecular flexibility index (Phi) is 9.92. The van der Waals surface area contributed by atoms with Gasteiger partial charge < -0.3 is 14.6 Å². The van der Waals surface area contributed by atoms with Gasteiger partial charge in [-0.2, -0.15) is 0 Å². The molecule has 2 aromatic rings. The Labute approximate surface area is 195 Å². The summed E-state index contributed by atoms with van der Waals surface area (Å²) in [6.07, 6.45) is 14.3. The molecule has 0 amide bonds. The van der Waals surface area contributed by atoms with E-state index in [4.69, 9.17) is 14.6 Å². The lowest BCUT2D eigenvalue weighted by Crippen LogP contribution is -2.32. The Morgan fingerprint density at radius 1 is 0.969 bits per heavy atom. The van der Waals surface area contributed by atoms with Gasteiger partial charge in [-0.25, -0.2) is 0 Å². The molecule has 1 saturated carbocycles. The molecule has 1 aliphatic rings. The van der Waals surface area contributed by atoms with Gasteiger partial charge in [-0.1, -0.05) is 56.9 Å². The van der Waals surface area contributed by atoms with E-state index in [0.29, 0.717) is 12.0 Å². The molecule has 0 aliphatic heterocycles. The van der Waals surface area contributed by atoms with E-state index in [1.807, 2.05) is 12.1 Å². The van der Waals surface area contributed by atoms with Crippen molar-refractivity contribution < 1.29 is 14.6 Å². The van der Waals surface area contributed by atoms with Crippen LogP contribution in [0.25, 0.3) is 0 Å². The lowest BCUT2D eigenvalue weighted by molar-refractivity contribution is 0.201. The summed E-state index contributed by atoms with van der Waals surface area (Å²) in [7, 11) is 1.77. The second-order valence-electron chi connectivity index (χ2n) is 9.52. The average molecular weight is 439 g/mol. The van der Waals surface area contributed by atoms with Crippen LogP contribution in [0.4, 0.5) is 0 Å². The maximum Gasteiger partial charge on any atom is 0.119 e. The summed E-state index contributed by atoms with van der Waals surface area (Å²) in [5.41, 5.74) is 3.22. The second kappa shape index (κ2) is 12.9. The largest absolute Gasteiger partial charge is 0.497 e. The highest BCUT2D eigenvalue weighted by Crippen LogP contribution is 2.46. The molecule has 3 nitrogen and oxygen atoms in total. The molecule has 3 heteroatoms. The summed E-state index contributed by atoms with van der Waals surface area (Å²) in [5, 5.41) is 8.85. The van der Waals surface area contributed by atoms with Gasteiger partial charge in [0.2, 0.25) is 0 Å². The molecule has 0 radical (unpaired) electrons. The molecule has 0 atom stereocenters. The normalized spacial score (nSPS) is 20.8. The van der Waals surface area contributed by atoms with E-state index in [-0.39, 0.29) is 6.61 Å². The zero-order chi connectivity index (χ0) is 22.7. The van der Waals surface area contributed by atoms with E-state index < -0.39 is 0 Å². The fraction of sp³-hybridized carbons (Fsp3) is 0.586. The van der Waals surface area contributed by atoms with Crippen molar-refractivity contribution in [3.05, 3.63) is 59.7 Å². The van der Waals surface area contributed by atoms with Crippen LogP contribution in [0.1, 0.15) is 82.3 Å². The standard InChI is InChI=1S/C29H42O3/c1-3-4-18-29(26-10-7-11-28(23-26)31-2)19-16-25(17-20-29)9-6-5-8-24-12-14-27(15-13-24)32-22-21-30/h7,10-15,23,25,30H,3-6,8-9,16-22H2,1-2H3. The topological polar surface area (TPSA) is 38.7 Å². The Hall–Kier alpha value is -2.00. The monoisotopic (exact) mass is 438 g/mol. The van der Waals surface area contributed by atoms with Crippen LogP contribution in [-0.4, -0.2) is 25.4 Å². The van der Waals surface area contributed by atoms with Crippen molar-refractivity contribution >= 4 is 0 Å². The molecule has 0 spiro atoms. The molecular weight excluding hydrogens is 396 g/mol. The first-order valence-electron chi connectivity index (χ1n) is 12.7. The third kappa shape index (κ3) is 7.00. The number of rotatable bonds is 13. The molecule has 0 heterocycles. The number of aliphatic hydroxyl groups is 1. The van der Waals surface area contributed by atoms with Crippen molar-refractivity contribution in [2.24, 2.45) is 5.92 Å². The van der Waals surface area contributed by atoms with E-state index >= 15 is 0 Å². The van der Waals surface area contributed by atoms with Crippen LogP contribution in [0, 0.1) is 5.92 Å². The van der Waals surface area contributed by atoms with Crippen LogP contribution >= 0.6 is 0 Å². The van der Waals surface area contributed by atoms with Crippen LogP contribution in [-0.2, 0) is 11.8 Å². The van der Waals surface area contributed by atoms with E-state index in [0.717, 1.165) is 23.8 Å². The third-order valence-electron chi connectivity index (χ3n) is 7.36. The van der Waals surface area contributed by atoms with Crippen LogP contribution in [0.5, 0.6) is 11.5 Å². The quantitative estimate of drug-likeness (QED) is 0.339. The molecule has 0 unspecified atom stereocenters. The molecule has 3 rings (SSSR count). The third-order valence-corrected chi connectivity index (χ3v) is 7.36. The number of hydrogen-bond acceptors (Lipinski definition) is 3. The molecule has 2 aromatic carbocycles. The lowest BCUT2D eigenvalue weighted by Gasteiger charge is -2.41. The number of aryl methyl sites for hydroxylation is 1. The van der Waals surface area contributed by atoms with Crippen molar-refractivity contribution in [1.29, 1.82) is 0 Å². The fourth-order valence-corrected chi connectivity index (χ4v) is 5.35. The molecule has 176 valence electrons. The van der Waals surface area contributed by atoms with Crippen molar-refractivity contribution in [1.82, 2.24) is 0 Å². The van der Waals surface area contributed by atoms with Crippen LogP contribution in [0.15, 0.2) is 48.5 Å². The maximum absolute atomic E-state index is 8.85. The Bertz CT molecular complexity index is 775. The van der Waals surface area contributed by atoms with Gasteiger partial charge in [0, 0.05) is 0 Å². The summed E-state index contributed by atoms with van der Waals surface area (Å²) in [5.74, 6) is 2.71. The van der Waals surface area contributed by atoms with Crippen molar-refractivity contribution in [2.45, 2.75) is 83.0 Å². The van der Waals surface area contributed by atoms with Gasteiger partial charge >= 0.3 is 0 Å². The average Bonchev–Trinajstić information content (AvgIpc) is 2.85. The number of benzene rings is 2. The first-order chi connectivity index (χ1) is 15.7. The highest BCUT2D eigenvalue weighted by molar-refractivity contribution is 5.34. The molecule has 0 bridgehead atoms. The van der Waals surface area contributed by atoms with Crippen molar-refractivity contribution in [2.75, 3.05) is 20.3 Å². The van der Waals surface area contributed by atoms with Crippen molar-refractivity contribution in [3.8, 4) is 11.5 Å². The fourth-order valence-electron chi connectivity index (χ4n) is 5.35. The highest BCUT2D eigenvalue weighted by Gasteiger charge is 2.36. The number of unbranched alkanes of at least 4 members (excludes halogenated alkanes) is 2. The zero-order valence-electron chi connectivity index (χ0n) is 20.2. The van der Waals surface area contributed by atoms with Crippen molar-refractivity contribution in [3.63, 3.8) is 0 Å². The maximum atomic E-state index is 8.85. The number of hydrogen-bond donors (Lipinski definition) is 1. The molecule has 1 N–H and O–H groups in total. The predicted molar refractivity (Wildman–Crippen MR) is 133 cm³/mol. The lowest BCUT2D eigenvalue weighted by atomic mass is 9.63. The molecule has 1 fully saturated rings. The summed E-state index contributed by atoms with van der Waals surface area (Å²) in [6, 6.07) is 17.2. The molecule has 1 aliphatic carbocycles. The van der Waals surface area contributed by atoms with Gasteiger partial charge in [0.25, 0.3) is 0 Å². The minimum absolute atomic E-state index is 0.0577. The molecule has 0 saturated heterocycles. The second-order valence-corrected chi connectivity index (χ2v) is 9.52. The number of ether oxygens (including phenoxy) is 2. The molecular formula is C29H42O3. The summed E-state index contributed by atoms with van der Waals surface area (Å²) >= 11 is 0. The van der Waals surface area contributed by atoms with Gasteiger partial charge in [0.1, 0.15) is 18.1 Å². The minimum atomic E-state index is 0.0577. The first kappa shape index (κ1) is 24.6. The summed E-state index contributed by atoms with van der Waals surface area (Å²) in [4.78, 5) is 0. The molecule has 0 aromatic heterocycles. The van der Waals surface area contributed by atoms with Crippen LogP contribution < -0.4 is 9.47 Å². The van der Waals surface area contributed by atoms with E-state index in [1.54, 1.807) is 7.11 Å². The zero-order valence-corrected chi connectivity index (χ0v) is 20.2. The van der Waals surface area contributed by atoms with E-state index in [9.17, 15) is 0 Å². The van der Waals surface area contributed by atoms with E-state index in [1.165, 1.54) is 75.3 Å². The summed E-state index contributed by atoms with van der Waals surface area (Å²) in [6.45, 7) is 2.72. The smallest absolute Gasteiger partial charge is 0.119 e. The number of aliphatic hydroxyl groups excluding tert-OH is 1. The van der Waals surface area contributed by atoms with Gasteiger partial charge in [-0.15, -0.1) is 0 Å². The van der Waals surface area contributed by atoms with Crippen LogP contribution in [0.2, 0.25) is 0 Å².